The zero-order chi connectivity index (χ0) is 18.0. The number of nitrogens with zero attached hydrogens (tertiary/aromatic N) is 4. The van der Waals surface area contributed by atoms with Gasteiger partial charge in [-0.3, -0.25) is 4.79 Å². The van der Waals surface area contributed by atoms with Crippen molar-refractivity contribution in [2.75, 3.05) is 38.5 Å². The monoisotopic (exact) mass is 379 g/mol. The lowest BCUT2D eigenvalue weighted by Gasteiger charge is -2.32. The van der Waals surface area contributed by atoms with Crippen LogP contribution in [0.4, 0.5) is 11.6 Å². The molecular formula is C17H19Cl2N5O. The van der Waals surface area contributed by atoms with Crippen LogP contribution in [0, 0.1) is 6.92 Å². The summed E-state index contributed by atoms with van der Waals surface area (Å²) in [6, 6.07) is 6.80. The predicted octanol–water partition coefficient (Wildman–Crippen LogP) is 3.22. The predicted molar refractivity (Wildman–Crippen MR) is 99.9 cm³/mol. The second kappa shape index (κ2) is 7.56. The maximum absolute atomic E-state index is 12.7. The third kappa shape index (κ3) is 4.60. The van der Waals surface area contributed by atoms with Crippen LogP contribution in [-0.2, 0) is 0 Å². The van der Waals surface area contributed by atoms with Gasteiger partial charge in [-0.2, -0.15) is 0 Å². The van der Waals surface area contributed by atoms with Crippen molar-refractivity contribution >= 4 is 40.7 Å². The third-order valence-corrected chi connectivity index (χ3v) is 4.42. The van der Waals surface area contributed by atoms with Gasteiger partial charge in [-0.15, -0.1) is 0 Å². The molecule has 25 heavy (non-hydrogen) atoms. The van der Waals surface area contributed by atoms with E-state index >= 15 is 0 Å². The maximum Gasteiger partial charge on any atom is 0.272 e. The number of hydrogen-bond acceptors (Lipinski definition) is 5. The largest absolute Gasteiger partial charge is 0.335 e. The Morgan fingerprint density at radius 3 is 2.32 bits per heavy atom. The highest BCUT2D eigenvalue weighted by Crippen LogP contribution is 2.24. The molecule has 6 nitrogen and oxygen atoms in total. The van der Waals surface area contributed by atoms with E-state index in [9.17, 15) is 4.79 Å². The first-order valence-electron chi connectivity index (χ1n) is 7.97. The van der Waals surface area contributed by atoms with Gasteiger partial charge in [0.2, 0.25) is 5.95 Å². The van der Waals surface area contributed by atoms with Gasteiger partial charge in [0.25, 0.3) is 5.91 Å². The van der Waals surface area contributed by atoms with Gasteiger partial charge < -0.3 is 15.1 Å². The molecule has 1 aliphatic heterocycles. The number of hydrogen-bond donors (Lipinski definition) is 1. The fraction of sp³-hybridized carbons (Fsp3) is 0.353. The highest BCUT2D eigenvalue weighted by molar-refractivity contribution is 6.35. The zero-order valence-electron chi connectivity index (χ0n) is 14.1. The van der Waals surface area contributed by atoms with Crippen molar-refractivity contribution in [1.82, 2.24) is 19.8 Å². The van der Waals surface area contributed by atoms with Crippen molar-refractivity contribution in [2.45, 2.75) is 6.92 Å². The van der Waals surface area contributed by atoms with Crippen LogP contribution >= 0.6 is 23.2 Å². The molecule has 0 unspecified atom stereocenters. The van der Waals surface area contributed by atoms with E-state index < -0.39 is 0 Å². The minimum absolute atomic E-state index is 0.0780. The first-order chi connectivity index (χ1) is 11.9. The van der Waals surface area contributed by atoms with Crippen molar-refractivity contribution in [2.24, 2.45) is 0 Å². The van der Waals surface area contributed by atoms with E-state index in [1.54, 1.807) is 24.3 Å². The van der Waals surface area contributed by atoms with Crippen molar-refractivity contribution in [1.29, 1.82) is 0 Å². The quantitative estimate of drug-likeness (QED) is 0.886. The summed E-state index contributed by atoms with van der Waals surface area (Å²) in [6.07, 6.45) is 0. The number of rotatable bonds is 3. The standard InChI is InChI=1S/C17H19Cl2N5O/c1-11-7-15(16(25)24-5-3-23(2)4-6-24)22-17(20-11)21-14-9-12(18)8-13(19)10-14/h7-10H,3-6H2,1-2H3,(H,20,21,22). The molecule has 2 heterocycles. The summed E-state index contributed by atoms with van der Waals surface area (Å²) in [5, 5.41) is 4.08. The number of benzene rings is 1. The Balaban J connectivity index is 1.81. The van der Waals surface area contributed by atoms with E-state index in [1.165, 1.54) is 0 Å². The Hall–Kier alpha value is -1.89. The van der Waals surface area contributed by atoms with Crippen LogP contribution in [0.1, 0.15) is 16.2 Å². The summed E-state index contributed by atoms with van der Waals surface area (Å²) in [7, 11) is 2.05. The van der Waals surface area contributed by atoms with E-state index in [2.05, 4.69) is 27.2 Å². The fourth-order valence-corrected chi connectivity index (χ4v) is 3.19. The van der Waals surface area contributed by atoms with Crippen molar-refractivity contribution < 1.29 is 4.79 Å². The summed E-state index contributed by atoms with van der Waals surface area (Å²) in [6.45, 7) is 4.96. The Bertz CT molecular complexity index is 770. The molecule has 1 aliphatic rings. The molecular weight excluding hydrogens is 361 g/mol. The Labute approximate surface area is 156 Å². The molecule has 0 aliphatic carbocycles. The number of anilines is 2. The van der Waals surface area contributed by atoms with Crippen LogP contribution in [0.25, 0.3) is 0 Å². The van der Waals surface area contributed by atoms with E-state index in [0.717, 1.165) is 13.1 Å². The van der Waals surface area contributed by atoms with Gasteiger partial charge in [-0.25, -0.2) is 9.97 Å². The molecule has 2 aromatic rings. The normalized spacial score (nSPS) is 15.3. The first kappa shape index (κ1) is 17.9. The zero-order valence-corrected chi connectivity index (χ0v) is 15.6. The fourth-order valence-electron chi connectivity index (χ4n) is 2.66. The second-order valence-corrected chi connectivity index (χ2v) is 6.97. The van der Waals surface area contributed by atoms with Gasteiger partial charge in [-0.05, 0) is 38.2 Å². The molecule has 1 N–H and O–H groups in total. The highest BCUT2D eigenvalue weighted by Gasteiger charge is 2.22. The van der Waals surface area contributed by atoms with E-state index in [4.69, 9.17) is 23.2 Å². The lowest BCUT2D eigenvalue weighted by molar-refractivity contribution is 0.0658. The average Bonchev–Trinajstić information content (AvgIpc) is 2.53. The number of amides is 1. The van der Waals surface area contributed by atoms with Crippen LogP contribution in [0.2, 0.25) is 10.0 Å². The van der Waals surface area contributed by atoms with Crippen LogP contribution in [0.5, 0.6) is 0 Å². The average molecular weight is 380 g/mol. The molecule has 1 fully saturated rings. The summed E-state index contributed by atoms with van der Waals surface area (Å²) < 4.78 is 0. The molecule has 132 valence electrons. The highest BCUT2D eigenvalue weighted by atomic mass is 35.5. The van der Waals surface area contributed by atoms with E-state index in [1.807, 2.05) is 11.8 Å². The molecule has 0 spiro atoms. The minimum Gasteiger partial charge on any atom is -0.335 e. The van der Waals surface area contributed by atoms with Crippen molar-refractivity contribution in [3.05, 3.63) is 45.7 Å². The molecule has 0 radical (unpaired) electrons. The molecule has 1 amide bonds. The molecule has 1 aromatic carbocycles. The van der Waals surface area contributed by atoms with Gasteiger partial charge in [0.05, 0.1) is 0 Å². The van der Waals surface area contributed by atoms with Gasteiger partial charge in [0.15, 0.2) is 0 Å². The van der Waals surface area contributed by atoms with Crippen molar-refractivity contribution in [3.63, 3.8) is 0 Å². The van der Waals surface area contributed by atoms with Crippen LogP contribution in [-0.4, -0.2) is 58.9 Å². The van der Waals surface area contributed by atoms with Crippen molar-refractivity contribution in [3.8, 4) is 0 Å². The number of aryl methyl sites for hydroxylation is 1. The molecule has 1 saturated heterocycles. The van der Waals surface area contributed by atoms with Crippen LogP contribution in [0.15, 0.2) is 24.3 Å². The maximum atomic E-state index is 12.7. The Morgan fingerprint density at radius 1 is 1.04 bits per heavy atom. The molecule has 3 rings (SSSR count). The van der Waals surface area contributed by atoms with Gasteiger partial charge in [-0.1, -0.05) is 23.2 Å². The molecule has 0 atom stereocenters. The lowest BCUT2D eigenvalue weighted by Crippen LogP contribution is -2.47. The SMILES string of the molecule is Cc1cc(C(=O)N2CCN(C)CC2)nc(Nc2cc(Cl)cc(Cl)c2)n1. The van der Waals surface area contributed by atoms with Gasteiger partial charge >= 0.3 is 0 Å². The second-order valence-electron chi connectivity index (χ2n) is 6.10. The first-order valence-corrected chi connectivity index (χ1v) is 8.73. The Kier molecular flexibility index (Phi) is 5.42. The molecule has 0 bridgehead atoms. The summed E-state index contributed by atoms with van der Waals surface area (Å²) >= 11 is 12.0. The van der Waals surface area contributed by atoms with Gasteiger partial charge in [0, 0.05) is 47.6 Å². The number of aromatic nitrogens is 2. The number of nitrogens with one attached hydrogen (secondary N) is 1. The Morgan fingerprint density at radius 2 is 1.68 bits per heavy atom. The van der Waals surface area contributed by atoms with E-state index in [-0.39, 0.29) is 5.91 Å². The van der Waals surface area contributed by atoms with Crippen LogP contribution < -0.4 is 5.32 Å². The molecule has 1 aromatic heterocycles. The van der Waals surface area contributed by atoms with E-state index in [0.29, 0.717) is 46.2 Å². The molecule has 0 saturated carbocycles. The molecule has 8 heteroatoms. The topological polar surface area (TPSA) is 61.4 Å². The number of likely N-dealkylation sites (N-methyl/N-ethyl adjacent to an activating group) is 1. The number of carbonyl (C=O) groups is 1. The number of carbonyl (C=O) groups excluding carboxylic acids is 1. The van der Waals surface area contributed by atoms with Crippen LogP contribution in [0.3, 0.4) is 0 Å². The minimum atomic E-state index is -0.0780. The lowest BCUT2D eigenvalue weighted by atomic mass is 10.2. The number of piperazine rings is 1. The summed E-state index contributed by atoms with van der Waals surface area (Å²) in [5.74, 6) is 0.265. The summed E-state index contributed by atoms with van der Waals surface area (Å²) in [4.78, 5) is 25.4. The summed E-state index contributed by atoms with van der Waals surface area (Å²) in [5.41, 5.74) is 1.76. The number of halogens is 2. The third-order valence-electron chi connectivity index (χ3n) is 3.98. The smallest absolute Gasteiger partial charge is 0.272 e. The van der Waals surface area contributed by atoms with Gasteiger partial charge in [0.1, 0.15) is 5.69 Å².